The van der Waals surface area contributed by atoms with E-state index in [1.807, 2.05) is 5.38 Å². The number of aromatic nitrogens is 1. The first-order valence-electron chi connectivity index (χ1n) is 5.07. The van der Waals surface area contributed by atoms with Gasteiger partial charge in [0.2, 0.25) is 0 Å². The number of anilines is 1. The van der Waals surface area contributed by atoms with Crippen LogP contribution in [0.25, 0.3) is 0 Å². The third-order valence-electron chi connectivity index (χ3n) is 2.89. The number of rotatable bonds is 2. The van der Waals surface area contributed by atoms with Crippen molar-refractivity contribution in [3.8, 4) is 0 Å². The molecule has 1 aromatic heterocycles. The molecule has 0 amide bonds. The number of carbonyl (C=O) groups is 1. The van der Waals surface area contributed by atoms with Gasteiger partial charge >= 0.3 is 5.97 Å². The fourth-order valence-corrected chi connectivity index (χ4v) is 2.81. The largest absolute Gasteiger partial charge is 0.481 e. The van der Waals surface area contributed by atoms with Gasteiger partial charge in [-0.15, -0.1) is 11.3 Å². The average Bonchev–Trinajstić information content (AvgIpc) is 2.70. The molecular formula is C10H14N2O2S. The summed E-state index contributed by atoms with van der Waals surface area (Å²) in [4.78, 5) is 17.3. The third kappa shape index (κ3) is 2.12. The Morgan fingerprint density at radius 2 is 2.53 bits per heavy atom. The summed E-state index contributed by atoms with van der Waals surface area (Å²) in [6.45, 7) is 2.86. The lowest BCUT2D eigenvalue weighted by Gasteiger charge is -2.35. The van der Waals surface area contributed by atoms with Crippen molar-refractivity contribution in [2.24, 2.45) is 5.92 Å². The lowest BCUT2D eigenvalue weighted by molar-refractivity contribution is -0.142. The van der Waals surface area contributed by atoms with Gasteiger partial charge < -0.3 is 10.0 Å². The Bertz CT molecular complexity index is 339. The predicted octanol–water partition coefficient (Wildman–Crippen LogP) is 1.83. The van der Waals surface area contributed by atoms with Crippen LogP contribution in [-0.2, 0) is 4.79 Å². The fourth-order valence-electron chi connectivity index (χ4n) is 2.04. The zero-order valence-corrected chi connectivity index (χ0v) is 9.41. The van der Waals surface area contributed by atoms with Gasteiger partial charge in [-0.3, -0.25) is 4.79 Å². The van der Waals surface area contributed by atoms with Crippen LogP contribution in [0, 0.1) is 5.92 Å². The predicted molar refractivity (Wildman–Crippen MR) is 59.3 cm³/mol. The molecule has 1 N–H and O–H groups in total. The van der Waals surface area contributed by atoms with Crippen LogP contribution in [0.4, 0.5) is 5.13 Å². The minimum atomic E-state index is -0.666. The molecule has 2 unspecified atom stereocenters. The van der Waals surface area contributed by atoms with Gasteiger partial charge in [0.15, 0.2) is 5.13 Å². The van der Waals surface area contributed by atoms with Crippen LogP contribution in [0.1, 0.15) is 19.8 Å². The summed E-state index contributed by atoms with van der Waals surface area (Å²) >= 11 is 1.61. The van der Waals surface area contributed by atoms with Crippen LogP contribution in [0.15, 0.2) is 11.6 Å². The van der Waals surface area contributed by atoms with E-state index in [-0.39, 0.29) is 12.0 Å². The van der Waals surface area contributed by atoms with Gasteiger partial charge in [-0.25, -0.2) is 4.98 Å². The summed E-state index contributed by atoms with van der Waals surface area (Å²) in [5.74, 6) is -0.850. The normalized spacial score (nSPS) is 26.6. The smallest absolute Gasteiger partial charge is 0.306 e. The summed E-state index contributed by atoms with van der Waals surface area (Å²) in [5, 5.41) is 11.9. The van der Waals surface area contributed by atoms with Crippen LogP contribution in [0.5, 0.6) is 0 Å². The first-order valence-corrected chi connectivity index (χ1v) is 5.95. The fraction of sp³-hybridized carbons (Fsp3) is 0.600. The van der Waals surface area contributed by atoms with E-state index < -0.39 is 5.97 Å². The van der Waals surface area contributed by atoms with Crippen molar-refractivity contribution in [3.63, 3.8) is 0 Å². The van der Waals surface area contributed by atoms with E-state index >= 15 is 0 Å². The lowest BCUT2D eigenvalue weighted by Crippen LogP contribution is -2.42. The molecule has 0 bridgehead atoms. The maximum absolute atomic E-state index is 10.9. The number of aliphatic carboxylic acids is 1. The third-order valence-corrected chi connectivity index (χ3v) is 3.70. The highest BCUT2D eigenvalue weighted by Crippen LogP contribution is 2.29. The Kier molecular flexibility index (Phi) is 2.90. The molecule has 0 aliphatic carbocycles. The molecule has 0 saturated carbocycles. The van der Waals surface area contributed by atoms with Gasteiger partial charge in [-0.2, -0.15) is 0 Å². The highest BCUT2D eigenvalue weighted by atomic mass is 32.1. The summed E-state index contributed by atoms with van der Waals surface area (Å²) in [6, 6.07) is 0.269. The summed E-state index contributed by atoms with van der Waals surface area (Å²) in [6.07, 6.45) is 3.23. The van der Waals surface area contributed by atoms with Gasteiger partial charge in [0, 0.05) is 24.2 Å². The van der Waals surface area contributed by atoms with E-state index in [2.05, 4.69) is 16.8 Å². The van der Waals surface area contributed by atoms with Crippen LogP contribution < -0.4 is 4.90 Å². The molecule has 5 heteroatoms. The zero-order valence-electron chi connectivity index (χ0n) is 8.59. The van der Waals surface area contributed by atoms with Crippen LogP contribution >= 0.6 is 11.3 Å². The van der Waals surface area contributed by atoms with Gasteiger partial charge in [0.05, 0.1) is 5.92 Å². The number of hydrogen-bond acceptors (Lipinski definition) is 4. The number of carboxylic acid groups (broad SMARTS) is 1. The molecule has 82 valence electrons. The molecule has 0 radical (unpaired) electrons. The second kappa shape index (κ2) is 4.18. The Balaban J connectivity index is 2.04. The molecule has 2 atom stereocenters. The molecule has 2 heterocycles. The maximum atomic E-state index is 10.9. The number of thiazole rings is 1. The van der Waals surface area contributed by atoms with E-state index in [0.717, 1.165) is 24.5 Å². The van der Waals surface area contributed by atoms with Crippen LogP contribution in [0.2, 0.25) is 0 Å². The van der Waals surface area contributed by atoms with E-state index in [0.29, 0.717) is 0 Å². The summed E-state index contributed by atoms with van der Waals surface area (Å²) < 4.78 is 0. The first kappa shape index (κ1) is 10.4. The molecule has 1 aromatic rings. The first-order chi connectivity index (χ1) is 7.18. The number of nitrogens with zero attached hydrogens (tertiary/aromatic N) is 2. The Morgan fingerprint density at radius 1 is 1.73 bits per heavy atom. The van der Waals surface area contributed by atoms with Crippen molar-refractivity contribution in [1.82, 2.24) is 4.98 Å². The van der Waals surface area contributed by atoms with Crippen molar-refractivity contribution in [2.75, 3.05) is 11.4 Å². The topological polar surface area (TPSA) is 53.4 Å². The van der Waals surface area contributed by atoms with Crippen LogP contribution in [-0.4, -0.2) is 28.6 Å². The van der Waals surface area contributed by atoms with Crippen molar-refractivity contribution < 1.29 is 9.90 Å². The van der Waals surface area contributed by atoms with Gasteiger partial charge in [0.1, 0.15) is 0 Å². The van der Waals surface area contributed by atoms with E-state index in [1.54, 1.807) is 17.5 Å². The highest BCUT2D eigenvalue weighted by Gasteiger charge is 2.30. The molecule has 0 aromatic carbocycles. The Hall–Kier alpha value is -1.10. The molecule has 2 rings (SSSR count). The molecule has 1 saturated heterocycles. The van der Waals surface area contributed by atoms with Gasteiger partial charge in [-0.1, -0.05) is 0 Å². The highest BCUT2D eigenvalue weighted by molar-refractivity contribution is 7.13. The van der Waals surface area contributed by atoms with Crippen molar-refractivity contribution >= 4 is 22.4 Å². The maximum Gasteiger partial charge on any atom is 0.306 e. The molecular weight excluding hydrogens is 212 g/mol. The minimum absolute atomic E-state index is 0.184. The second-order valence-electron chi connectivity index (χ2n) is 3.92. The zero-order chi connectivity index (χ0) is 10.8. The van der Waals surface area contributed by atoms with Crippen molar-refractivity contribution in [1.29, 1.82) is 0 Å². The number of carboxylic acids is 1. The molecule has 1 aliphatic heterocycles. The number of piperidine rings is 1. The SMILES string of the molecule is CC1CC(C(=O)O)CCN1c1nccs1. The summed E-state index contributed by atoms with van der Waals surface area (Å²) in [7, 11) is 0. The van der Waals surface area contributed by atoms with Gasteiger partial charge in [-0.05, 0) is 19.8 Å². The summed E-state index contributed by atoms with van der Waals surface area (Å²) in [5.41, 5.74) is 0. The van der Waals surface area contributed by atoms with Crippen LogP contribution in [0.3, 0.4) is 0 Å². The average molecular weight is 226 g/mol. The molecule has 15 heavy (non-hydrogen) atoms. The number of hydrogen-bond donors (Lipinski definition) is 1. The van der Waals surface area contributed by atoms with E-state index in [1.165, 1.54) is 0 Å². The molecule has 1 aliphatic rings. The quantitative estimate of drug-likeness (QED) is 0.836. The van der Waals surface area contributed by atoms with Crippen molar-refractivity contribution in [3.05, 3.63) is 11.6 Å². The van der Waals surface area contributed by atoms with E-state index in [9.17, 15) is 4.79 Å². The Labute approximate surface area is 92.6 Å². The molecule has 1 fully saturated rings. The lowest BCUT2D eigenvalue weighted by atomic mass is 9.92. The van der Waals surface area contributed by atoms with E-state index in [4.69, 9.17) is 5.11 Å². The Morgan fingerprint density at radius 3 is 3.07 bits per heavy atom. The standard InChI is InChI=1S/C10H14N2O2S/c1-7-6-8(9(13)14)2-4-12(7)10-11-3-5-15-10/h3,5,7-8H,2,4,6H2,1H3,(H,13,14). The monoisotopic (exact) mass is 226 g/mol. The van der Waals surface area contributed by atoms with Crippen molar-refractivity contribution in [2.45, 2.75) is 25.8 Å². The molecule has 4 nitrogen and oxygen atoms in total. The minimum Gasteiger partial charge on any atom is -0.481 e. The second-order valence-corrected chi connectivity index (χ2v) is 4.79. The molecule has 0 spiro atoms. The van der Waals surface area contributed by atoms with Gasteiger partial charge in [0.25, 0.3) is 0 Å².